The van der Waals surface area contributed by atoms with Gasteiger partial charge in [0.2, 0.25) is 5.91 Å². The molecule has 1 amide bonds. The minimum absolute atomic E-state index is 0.175. The normalized spacial score (nSPS) is 17.6. The summed E-state index contributed by atoms with van der Waals surface area (Å²) in [7, 11) is 0. The third kappa shape index (κ3) is 4.85. The van der Waals surface area contributed by atoms with Crippen molar-refractivity contribution in [1.29, 1.82) is 0 Å². The second kappa shape index (κ2) is 5.94. The molecule has 4 nitrogen and oxygen atoms in total. The fourth-order valence-electron chi connectivity index (χ4n) is 0.878. The molecule has 0 radical (unpaired) electrons. The lowest BCUT2D eigenvalue weighted by molar-refractivity contribution is -0.123. The van der Waals surface area contributed by atoms with Gasteiger partial charge < -0.3 is 16.2 Å². The van der Waals surface area contributed by atoms with Gasteiger partial charge in [0.1, 0.15) is 0 Å². The summed E-state index contributed by atoms with van der Waals surface area (Å²) in [6.07, 6.45) is 0.358. The Hall–Kier alpha value is -0.610. The van der Waals surface area contributed by atoms with E-state index < -0.39 is 12.1 Å². The lowest BCUT2D eigenvalue weighted by Crippen LogP contribution is -2.46. The Labute approximate surface area is 79.5 Å². The Balaban J connectivity index is 3.82. The van der Waals surface area contributed by atoms with Crippen LogP contribution < -0.4 is 11.1 Å². The summed E-state index contributed by atoms with van der Waals surface area (Å²) in [4.78, 5) is 11.3. The SMILES string of the molecule is CCC(C)[C@H](N)C(=O)NC[C@H](C)O. The van der Waals surface area contributed by atoms with Gasteiger partial charge in [0.15, 0.2) is 0 Å². The van der Waals surface area contributed by atoms with E-state index in [1.807, 2.05) is 13.8 Å². The van der Waals surface area contributed by atoms with Crippen LogP contribution in [0.2, 0.25) is 0 Å². The van der Waals surface area contributed by atoms with Crippen molar-refractivity contribution in [2.24, 2.45) is 11.7 Å². The van der Waals surface area contributed by atoms with Gasteiger partial charge >= 0.3 is 0 Å². The number of aliphatic hydroxyl groups is 1. The Morgan fingerprint density at radius 3 is 2.46 bits per heavy atom. The summed E-state index contributed by atoms with van der Waals surface area (Å²) in [6.45, 7) is 5.82. The summed E-state index contributed by atoms with van der Waals surface area (Å²) in [6, 6.07) is -0.469. The number of aliphatic hydroxyl groups excluding tert-OH is 1. The molecule has 0 heterocycles. The molecule has 0 aliphatic carbocycles. The van der Waals surface area contributed by atoms with Crippen LogP contribution in [0.3, 0.4) is 0 Å². The molecule has 0 saturated carbocycles. The lowest BCUT2D eigenvalue weighted by Gasteiger charge is -2.18. The van der Waals surface area contributed by atoms with Crippen molar-refractivity contribution in [2.45, 2.75) is 39.3 Å². The molecule has 0 rings (SSSR count). The third-order valence-corrected chi connectivity index (χ3v) is 2.13. The minimum atomic E-state index is -0.520. The largest absolute Gasteiger partial charge is 0.392 e. The van der Waals surface area contributed by atoms with Gasteiger partial charge in [-0.15, -0.1) is 0 Å². The van der Waals surface area contributed by atoms with Crippen LogP contribution in [0.5, 0.6) is 0 Å². The predicted molar refractivity (Wildman–Crippen MR) is 52.1 cm³/mol. The molecular weight excluding hydrogens is 168 g/mol. The molecule has 78 valence electrons. The lowest BCUT2D eigenvalue weighted by atomic mass is 9.99. The van der Waals surface area contributed by atoms with Crippen molar-refractivity contribution < 1.29 is 9.90 Å². The van der Waals surface area contributed by atoms with Gasteiger partial charge in [0.25, 0.3) is 0 Å². The second-order valence-electron chi connectivity index (χ2n) is 3.51. The summed E-state index contributed by atoms with van der Waals surface area (Å²) in [5, 5.41) is 11.5. The van der Waals surface area contributed by atoms with Crippen molar-refractivity contribution >= 4 is 5.91 Å². The quantitative estimate of drug-likeness (QED) is 0.562. The van der Waals surface area contributed by atoms with E-state index in [0.29, 0.717) is 0 Å². The second-order valence-corrected chi connectivity index (χ2v) is 3.51. The van der Waals surface area contributed by atoms with Gasteiger partial charge in [0.05, 0.1) is 12.1 Å². The first kappa shape index (κ1) is 12.4. The number of carbonyl (C=O) groups excluding carboxylic acids is 1. The molecular formula is C9H20N2O2. The standard InChI is InChI=1S/C9H20N2O2/c1-4-6(2)8(10)9(13)11-5-7(3)12/h6-8,12H,4-5,10H2,1-3H3,(H,11,13)/t6?,7-,8-/m0/s1. The van der Waals surface area contributed by atoms with Crippen LogP contribution in [-0.4, -0.2) is 29.7 Å². The topological polar surface area (TPSA) is 75.4 Å². The van der Waals surface area contributed by atoms with E-state index in [9.17, 15) is 4.79 Å². The molecule has 0 aromatic rings. The Bertz CT molecular complexity index is 160. The molecule has 0 spiro atoms. The number of hydrogen-bond donors (Lipinski definition) is 3. The van der Waals surface area contributed by atoms with Crippen LogP contribution in [0.25, 0.3) is 0 Å². The van der Waals surface area contributed by atoms with Gasteiger partial charge in [-0.25, -0.2) is 0 Å². The number of carbonyl (C=O) groups is 1. The highest BCUT2D eigenvalue weighted by Gasteiger charge is 2.18. The molecule has 0 aromatic heterocycles. The van der Waals surface area contributed by atoms with Crippen molar-refractivity contribution in [1.82, 2.24) is 5.32 Å². The smallest absolute Gasteiger partial charge is 0.237 e. The molecule has 0 aliphatic heterocycles. The highest BCUT2D eigenvalue weighted by Crippen LogP contribution is 2.04. The van der Waals surface area contributed by atoms with Crippen molar-refractivity contribution in [3.05, 3.63) is 0 Å². The van der Waals surface area contributed by atoms with E-state index in [4.69, 9.17) is 10.8 Å². The molecule has 4 N–H and O–H groups in total. The maximum absolute atomic E-state index is 11.3. The van der Waals surface area contributed by atoms with Crippen LogP contribution >= 0.6 is 0 Å². The fourth-order valence-corrected chi connectivity index (χ4v) is 0.878. The zero-order valence-corrected chi connectivity index (χ0v) is 8.58. The number of amides is 1. The molecule has 1 unspecified atom stereocenters. The first-order chi connectivity index (χ1) is 5.99. The number of nitrogens with one attached hydrogen (secondary N) is 1. The highest BCUT2D eigenvalue weighted by atomic mass is 16.3. The number of nitrogens with two attached hydrogens (primary N) is 1. The summed E-state index contributed by atoms with van der Waals surface area (Å²) in [5.41, 5.74) is 5.66. The van der Waals surface area contributed by atoms with E-state index in [-0.39, 0.29) is 18.4 Å². The van der Waals surface area contributed by atoms with Gasteiger partial charge in [-0.2, -0.15) is 0 Å². The Kier molecular flexibility index (Phi) is 5.66. The van der Waals surface area contributed by atoms with E-state index in [1.54, 1.807) is 6.92 Å². The van der Waals surface area contributed by atoms with E-state index >= 15 is 0 Å². The molecule has 0 saturated heterocycles. The first-order valence-corrected chi connectivity index (χ1v) is 4.70. The summed E-state index contributed by atoms with van der Waals surface area (Å²) >= 11 is 0. The Morgan fingerprint density at radius 2 is 2.08 bits per heavy atom. The summed E-state index contributed by atoms with van der Waals surface area (Å²) in [5.74, 6) is -0.00995. The van der Waals surface area contributed by atoms with E-state index in [2.05, 4.69) is 5.32 Å². The van der Waals surface area contributed by atoms with Gasteiger partial charge in [-0.1, -0.05) is 20.3 Å². The molecule has 0 bridgehead atoms. The van der Waals surface area contributed by atoms with Crippen LogP contribution in [0, 0.1) is 5.92 Å². The van der Waals surface area contributed by atoms with Crippen LogP contribution in [0.1, 0.15) is 27.2 Å². The van der Waals surface area contributed by atoms with Crippen LogP contribution in [0.15, 0.2) is 0 Å². The maximum atomic E-state index is 11.3. The zero-order chi connectivity index (χ0) is 10.4. The average Bonchev–Trinajstić information content (AvgIpc) is 2.11. The minimum Gasteiger partial charge on any atom is -0.392 e. The van der Waals surface area contributed by atoms with E-state index in [0.717, 1.165) is 6.42 Å². The summed E-state index contributed by atoms with van der Waals surface area (Å²) < 4.78 is 0. The third-order valence-electron chi connectivity index (χ3n) is 2.13. The van der Waals surface area contributed by atoms with Crippen LogP contribution in [0.4, 0.5) is 0 Å². The van der Waals surface area contributed by atoms with Gasteiger partial charge in [0, 0.05) is 6.54 Å². The molecule has 13 heavy (non-hydrogen) atoms. The average molecular weight is 188 g/mol. The molecule has 0 aromatic carbocycles. The monoisotopic (exact) mass is 188 g/mol. The first-order valence-electron chi connectivity index (χ1n) is 4.70. The zero-order valence-electron chi connectivity index (χ0n) is 8.58. The predicted octanol–water partition coefficient (Wildman–Crippen LogP) is -0.143. The molecule has 0 aliphatic rings. The Morgan fingerprint density at radius 1 is 1.54 bits per heavy atom. The van der Waals surface area contributed by atoms with Crippen molar-refractivity contribution in [3.63, 3.8) is 0 Å². The van der Waals surface area contributed by atoms with Gasteiger partial charge in [-0.05, 0) is 12.8 Å². The maximum Gasteiger partial charge on any atom is 0.237 e. The number of hydrogen-bond acceptors (Lipinski definition) is 3. The molecule has 3 atom stereocenters. The van der Waals surface area contributed by atoms with Crippen molar-refractivity contribution in [2.75, 3.05) is 6.54 Å². The van der Waals surface area contributed by atoms with Crippen molar-refractivity contribution in [3.8, 4) is 0 Å². The fraction of sp³-hybridized carbons (Fsp3) is 0.889. The van der Waals surface area contributed by atoms with Gasteiger partial charge in [-0.3, -0.25) is 4.79 Å². The highest BCUT2D eigenvalue weighted by molar-refractivity contribution is 5.81. The van der Waals surface area contributed by atoms with E-state index in [1.165, 1.54) is 0 Å². The van der Waals surface area contributed by atoms with Crippen LogP contribution in [-0.2, 0) is 4.79 Å². The molecule has 4 heteroatoms. The molecule has 0 fully saturated rings. The number of rotatable bonds is 5.